The van der Waals surface area contributed by atoms with Crippen molar-refractivity contribution < 1.29 is 0 Å². The number of para-hydroxylation sites is 1. The zero-order valence-corrected chi connectivity index (χ0v) is 35.1. The molecule has 0 atom stereocenters. The molecular formula is C58H36N2S2. The van der Waals surface area contributed by atoms with Crippen LogP contribution in [0, 0.1) is 0 Å². The second-order valence-electron chi connectivity index (χ2n) is 16.1. The molecule has 0 fully saturated rings. The monoisotopic (exact) mass is 824 g/mol. The Kier molecular flexibility index (Phi) is 7.99. The lowest BCUT2D eigenvalue weighted by Crippen LogP contribution is -2.09. The summed E-state index contributed by atoms with van der Waals surface area (Å²) >= 11 is 3.76. The molecule has 13 rings (SSSR count). The first-order valence-electron chi connectivity index (χ1n) is 21.1. The van der Waals surface area contributed by atoms with Crippen molar-refractivity contribution >= 4 is 113 Å². The van der Waals surface area contributed by atoms with Gasteiger partial charge in [0, 0.05) is 79.4 Å². The maximum absolute atomic E-state index is 2.50. The molecule has 0 aliphatic rings. The van der Waals surface area contributed by atoms with E-state index in [9.17, 15) is 0 Å². The molecule has 2 nitrogen and oxygen atoms in total. The van der Waals surface area contributed by atoms with Gasteiger partial charge in [0.1, 0.15) is 0 Å². The molecule has 62 heavy (non-hydrogen) atoms. The summed E-state index contributed by atoms with van der Waals surface area (Å²) in [5.74, 6) is 0. The molecule has 0 spiro atoms. The molecule has 290 valence electrons. The van der Waals surface area contributed by atoms with Crippen LogP contribution in [0.1, 0.15) is 0 Å². The van der Waals surface area contributed by atoms with Crippen molar-refractivity contribution in [3.05, 3.63) is 218 Å². The lowest BCUT2D eigenvalue weighted by molar-refractivity contribution is 1.19. The Balaban J connectivity index is 1.00. The van der Waals surface area contributed by atoms with Crippen LogP contribution in [0.2, 0.25) is 0 Å². The molecule has 0 saturated carbocycles. The van der Waals surface area contributed by atoms with Gasteiger partial charge in [-0.1, -0.05) is 140 Å². The van der Waals surface area contributed by atoms with Crippen LogP contribution in [0.25, 0.3) is 101 Å². The van der Waals surface area contributed by atoms with Gasteiger partial charge in [0.25, 0.3) is 0 Å². The summed E-state index contributed by atoms with van der Waals surface area (Å²) in [6.45, 7) is 0. The minimum absolute atomic E-state index is 1.11. The second kappa shape index (κ2) is 14.0. The van der Waals surface area contributed by atoms with Gasteiger partial charge in [-0.3, -0.25) is 0 Å². The van der Waals surface area contributed by atoms with Gasteiger partial charge in [-0.15, -0.1) is 22.7 Å². The topological polar surface area (TPSA) is 8.17 Å². The van der Waals surface area contributed by atoms with E-state index >= 15 is 0 Å². The van der Waals surface area contributed by atoms with Crippen LogP contribution >= 0.6 is 22.7 Å². The van der Waals surface area contributed by atoms with Crippen molar-refractivity contribution in [2.24, 2.45) is 0 Å². The molecule has 3 aromatic heterocycles. The van der Waals surface area contributed by atoms with E-state index in [-0.39, 0.29) is 0 Å². The van der Waals surface area contributed by atoms with E-state index in [1.165, 1.54) is 101 Å². The van der Waals surface area contributed by atoms with E-state index in [0.29, 0.717) is 0 Å². The summed E-state index contributed by atoms with van der Waals surface area (Å²) < 4.78 is 7.71. The largest absolute Gasteiger partial charge is 0.310 e. The normalized spacial score (nSPS) is 11.9. The smallest absolute Gasteiger partial charge is 0.0634 e. The zero-order valence-electron chi connectivity index (χ0n) is 33.5. The first kappa shape index (κ1) is 35.3. The average molecular weight is 825 g/mol. The van der Waals surface area contributed by atoms with E-state index in [4.69, 9.17) is 0 Å². The summed E-state index contributed by atoms with van der Waals surface area (Å²) in [6.07, 6.45) is 0. The van der Waals surface area contributed by atoms with Crippen LogP contribution < -0.4 is 4.90 Å². The summed E-state index contributed by atoms with van der Waals surface area (Å²) in [5.41, 5.74) is 11.9. The maximum Gasteiger partial charge on any atom is 0.0634 e. The van der Waals surface area contributed by atoms with Gasteiger partial charge in [0.2, 0.25) is 0 Å². The van der Waals surface area contributed by atoms with Crippen LogP contribution in [0.4, 0.5) is 17.1 Å². The number of aromatic nitrogens is 1. The second-order valence-corrected chi connectivity index (χ2v) is 18.2. The number of benzene rings is 10. The first-order chi connectivity index (χ1) is 30.7. The van der Waals surface area contributed by atoms with Crippen molar-refractivity contribution in [2.45, 2.75) is 0 Å². The summed E-state index contributed by atoms with van der Waals surface area (Å²) in [7, 11) is 0. The minimum Gasteiger partial charge on any atom is -0.310 e. The van der Waals surface area contributed by atoms with E-state index < -0.39 is 0 Å². The van der Waals surface area contributed by atoms with Crippen molar-refractivity contribution in [2.75, 3.05) is 4.90 Å². The molecule has 0 unspecified atom stereocenters. The molecule has 0 bridgehead atoms. The van der Waals surface area contributed by atoms with Gasteiger partial charge in [-0.2, -0.15) is 0 Å². The lowest BCUT2D eigenvalue weighted by atomic mass is 9.98. The van der Waals surface area contributed by atoms with Crippen molar-refractivity contribution in [3.63, 3.8) is 0 Å². The van der Waals surface area contributed by atoms with Gasteiger partial charge < -0.3 is 9.47 Å². The summed E-state index contributed by atoms with van der Waals surface area (Å²) in [6, 6.07) is 80.4. The Morgan fingerprint density at radius 2 is 0.952 bits per heavy atom. The van der Waals surface area contributed by atoms with Crippen LogP contribution in [-0.2, 0) is 0 Å². The molecule has 0 N–H and O–H groups in total. The van der Waals surface area contributed by atoms with Gasteiger partial charge in [-0.05, 0) is 106 Å². The zero-order chi connectivity index (χ0) is 40.7. The number of hydrogen-bond donors (Lipinski definition) is 0. The highest BCUT2D eigenvalue weighted by molar-refractivity contribution is 7.26. The van der Waals surface area contributed by atoms with Gasteiger partial charge in [0.15, 0.2) is 0 Å². The molecule has 0 aliphatic heterocycles. The highest BCUT2D eigenvalue weighted by Gasteiger charge is 2.22. The lowest BCUT2D eigenvalue weighted by Gasteiger charge is -2.26. The standard InChI is InChI=1S/C58H36N2S2/c1-2-12-37(13-3-1)39-22-27-42(28-23-39)59(45-32-33-55-50(35-45)47-17-7-10-20-53(47)61-55)43-29-25-40(26-30-43)49-36-51-46-16-6-9-19-52(46)60(44-31-24-38-14-4-5-15-41(38)34-44)57(51)56-48-18-8-11-21-54(48)62-58(49)56/h1-36H. The van der Waals surface area contributed by atoms with E-state index in [1.807, 2.05) is 22.7 Å². The number of thiophene rings is 2. The fourth-order valence-corrected chi connectivity index (χ4v) is 12.0. The Labute approximate surface area is 366 Å². The summed E-state index contributed by atoms with van der Waals surface area (Å²) in [5, 5.41) is 10.2. The van der Waals surface area contributed by atoms with Crippen molar-refractivity contribution in [1.29, 1.82) is 0 Å². The number of rotatable bonds is 6. The molecule has 3 heterocycles. The van der Waals surface area contributed by atoms with E-state index in [0.717, 1.165) is 17.1 Å². The van der Waals surface area contributed by atoms with Gasteiger partial charge in [-0.25, -0.2) is 0 Å². The predicted molar refractivity (Wildman–Crippen MR) is 270 cm³/mol. The quantitative estimate of drug-likeness (QED) is 0.162. The molecule has 0 radical (unpaired) electrons. The Bertz CT molecular complexity index is 3850. The third-order valence-corrected chi connectivity index (χ3v) is 14.9. The Hall–Kier alpha value is -7.50. The fourth-order valence-electron chi connectivity index (χ4n) is 9.66. The summed E-state index contributed by atoms with van der Waals surface area (Å²) in [4.78, 5) is 2.40. The predicted octanol–water partition coefficient (Wildman–Crippen LogP) is 17.5. The Morgan fingerprint density at radius 1 is 0.355 bits per heavy atom. The third kappa shape index (κ3) is 5.54. The highest BCUT2D eigenvalue weighted by Crippen LogP contribution is 2.48. The molecular weight excluding hydrogens is 789 g/mol. The third-order valence-electron chi connectivity index (χ3n) is 12.6. The number of anilines is 3. The minimum atomic E-state index is 1.11. The van der Waals surface area contributed by atoms with Gasteiger partial charge in [0.05, 0.1) is 11.0 Å². The van der Waals surface area contributed by atoms with E-state index in [1.54, 1.807) is 0 Å². The number of nitrogens with zero attached hydrogens (tertiary/aromatic N) is 2. The van der Waals surface area contributed by atoms with Crippen LogP contribution in [0.5, 0.6) is 0 Å². The van der Waals surface area contributed by atoms with Crippen molar-refractivity contribution in [1.82, 2.24) is 4.57 Å². The average Bonchev–Trinajstić information content (AvgIpc) is 4.02. The Morgan fingerprint density at radius 3 is 1.74 bits per heavy atom. The van der Waals surface area contributed by atoms with Gasteiger partial charge >= 0.3 is 0 Å². The van der Waals surface area contributed by atoms with E-state index in [2.05, 4.69) is 228 Å². The molecule has 0 saturated heterocycles. The van der Waals surface area contributed by atoms with Crippen molar-refractivity contribution in [3.8, 4) is 27.9 Å². The highest BCUT2D eigenvalue weighted by atomic mass is 32.1. The van der Waals surface area contributed by atoms with Crippen LogP contribution in [0.3, 0.4) is 0 Å². The molecule has 13 aromatic rings. The number of fused-ring (bicyclic) bond motifs is 11. The molecule has 10 aromatic carbocycles. The fraction of sp³-hybridized carbons (Fsp3) is 0. The molecule has 0 amide bonds. The first-order valence-corrected chi connectivity index (χ1v) is 22.7. The van der Waals surface area contributed by atoms with Crippen LogP contribution in [-0.4, -0.2) is 4.57 Å². The SMILES string of the molecule is c1ccc(-c2ccc(N(c3ccc(-c4cc5c6ccccc6n(-c6ccc7ccccc7c6)c5c5c4sc4ccccc45)cc3)c3ccc4sc5ccccc5c4c3)cc2)cc1. The molecule has 4 heteroatoms. The molecule has 0 aliphatic carbocycles. The maximum atomic E-state index is 2.50. The van der Waals surface area contributed by atoms with Crippen LogP contribution in [0.15, 0.2) is 218 Å². The number of hydrogen-bond acceptors (Lipinski definition) is 3.